The third kappa shape index (κ3) is 2.42. The van der Waals surface area contributed by atoms with Crippen molar-refractivity contribution >= 4 is 11.0 Å². The van der Waals surface area contributed by atoms with Gasteiger partial charge in [-0.1, -0.05) is 0 Å². The molecule has 0 N–H and O–H groups in total. The highest BCUT2D eigenvalue weighted by Gasteiger charge is 2.12. The van der Waals surface area contributed by atoms with E-state index in [-0.39, 0.29) is 0 Å². The summed E-state index contributed by atoms with van der Waals surface area (Å²) in [7, 11) is 1.84. The molecule has 7 heteroatoms. The molecule has 0 saturated carbocycles. The van der Waals surface area contributed by atoms with Crippen molar-refractivity contribution in [2.45, 2.75) is 6.92 Å². The van der Waals surface area contributed by atoms with Crippen molar-refractivity contribution in [3.8, 4) is 17.3 Å². The van der Waals surface area contributed by atoms with E-state index in [0.717, 1.165) is 16.7 Å². The molecule has 0 fully saturated rings. The van der Waals surface area contributed by atoms with Crippen LogP contribution in [0, 0.1) is 6.92 Å². The molecule has 0 unspecified atom stereocenters. The first-order chi connectivity index (χ1) is 11.2. The summed E-state index contributed by atoms with van der Waals surface area (Å²) in [6.07, 6.45) is 5.35. The highest BCUT2D eigenvalue weighted by molar-refractivity contribution is 5.80. The predicted octanol–water partition coefficient (Wildman–Crippen LogP) is 2.65. The standard InChI is InChI=1S/C16H14N6O/c1-11-19-15-14(10-18-21(15)2)16(20-11)23-13-6-4-12(5-7-13)22-9-3-8-17-22/h3-10H,1-2H3. The van der Waals surface area contributed by atoms with Gasteiger partial charge in [-0.15, -0.1) is 0 Å². The van der Waals surface area contributed by atoms with E-state index in [1.165, 1.54) is 0 Å². The SMILES string of the molecule is Cc1nc(Oc2ccc(-n3cccn3)cc2)c2cnn(C)c2n1. The molecule has 0 aliphatic heterocycles. The number of nitrogens with zero attached hydrogens (tertiary/aromatic N) is 6. The summed E-state index contributed by atoms with van der Waals surface area (Å²) in [5, 5.41) is 9.20. The third-order valence-electron chi connectivity index (χ3n) is 3.49. The number of aromatic nitrogens is 6. The highest BCUT2D eigenvalue weighted by Crippen LogP contribution is 2.27. The molecule has 0 saturated heterocycles. The summed E-state index contributed by atoms with van der Waals surface area (Å²) in [5.41, 5.74) is 1.72. The van der Waals surface area contributed by atoms with Gasteiger partial charge in [-0.2, -0.15) is 15.2 Å². The third-order valence-corrected chi connectivity index (χ3v) is 3.49. The lowest BCUT2D eigenvalue weighted by Gasteiger charge is -2.08. The molecule has 23 heavy (non-hydrogen) atoms. The molecule has 0 atom stereocenters. The van der Waals surface area contributed by atoms with E-state index in [2.05, 4.69) is 20.2 Å². The first kappa shape index (κ1) is 13.4. The van der Waals surface area contributed by atoms with E-state index in [0.29, 0.717) is 17.5 Å². The van der Waals surface area contributed by atoms with Crippen LogP contribution in [0.3, 0.4) is 0 Å². The largest absolute Gasteiger partial charge is 0.438 e. The number of rotatable bonds is 3. The molecule has 1 aromatic carbocycles. The van der Waals surface area contributed by atoms with E-state index in [1.807, 2.05) is 50.5 Å². The Balaban J connectivity index is 1.68. The summed E-state index contributed by atoms with van der Waals surface area (Å²) in [6, 6.07) is 9.54. The van der Waals surface area contributed by atoms with Crippen LogP contribution in [0.1, 0.15) is 5.82 Å². The Morgan fingerprint density at radius 1 is 1.04 bits per heavy atom. The molecule has 4 aromatic rings. The van der Waals surface area contributed by atoms with Crippen LogP contribution in [0.5, 0.6) is 11.6 Å². The van der Waals surface area contributed by atoms with Crippen LogP contribution in [0.4, 0.5) is 0 Å². The van der Waals surface area contributed by atoms with Crippen molar-refractivity contribution in [2.24, 2.45) is 7.05 Å². The minimum absolute atomic E-state index is 0.507. The number of hydrogen-bond donors (Lipinski definition) is 0. The zero-order valence-electron chi connectivity index (χ0n) is 12.7. The second-order valence-corrected chi connectivity index (χ2v) is 5.13. The Labute approximate surface area is 132 Å². The van der Waals surface area contributed by atoms with Gasteiger partial charge in [0, 0.05) is 19.4 Å². The molecule has 3 heterocycles. The molecule has 0 radical (unpaired) electrons. The Morgan fingerprint density at radius 2 is 1.87 bits per heavy atom. The van der Waals surface area contributed by atoms with Gasteiger partial charge in [0.25, 0.3) is 0 Å². The summed E-state index contributed by atoms with van der Waals surface area (Å²) in [6.45, 7) is 1.83. The number of ether oxygens (including phenoxy) is 1. The maximum Gasteiger partial charge on any atom is 0.233 e. The molecule has 0 bridgehead atoms. The average molecular weight is 306 g/mol. The predicted molar refractivity (Wildman–Crippen MR) is 84.7 cm³/mol. The van der Waals surface area contributed by atoms with Crippen LogP contribution in [0.15, 0.2) is 48.9 Å². The Bertz CT molecular complexity index is 956. The summed E-state index contributed by atoms with van der Waals surface area (Å²) in [4.78, 5) is 8.76. The fourth-order valence-electron chi connectivity index (χ4n) is 2.38. The lowest BCUT2D eigenvalue weighted by atomic mass is 10.3. The molecule has 114 valence electrons. The fraction of sp³-hybridized carbons (Fsp3) is 0.125. The van der Waals surface area contributed by atoms with Crippen LogP contribution in [-0.2, 0) is 7.05 Å². The smallest absolute Gasteiger partial charge is 0.233 e. The van der Waals surface area contributed by atoms with Gasteiger partial charge in [0.1, 0.15) is 17.0 Å². The van der Waals surface area contributed by atoms with Gasteiger partial charge in [0.05, 0.1) is 11.9 Å². The van der Waals surface area contributed by atoms with Crippen molar-refractivity contribution in [3.63, 3.8) is 0 Å². The second kappa shape index (κ2) is 5.20. The van der Waals surface area contributed by atoms with Gasteiger partial charge < -0.3 is 4.74 Å². The number of hydrogen-bond acceptors (Lipinski definition) is 5. The van der Waals surface area contributed by atoms with Crippen molar-refractivity contribution in [1.82, 2.24) is 29.5 Å². The van der Waals surface area contributed by atoms with Crippen LogP contribution >= 0.6 is 0 Å². The minimum Gasteiger partial charge on any atom is -0.438 e. The molecule has 7 nitrogen and oxygen atoms in total. The van der Waals surface area contributed by atoms with Crippen LogP contribution in [-0.4, -0.2) is 29.5 Å². The average Bonchev–Trinajstić information content (AvgIpc) is 3.19. The second-order valence-electron chi connectivity index (χ2n) is 5.13. The number of aryl methyl sites for hydroxylation is 2. The number of benzene rings is 1. The van der Waals surface area contributed by atoms with E-state index >= 15 is 0 Å². The van der Waals surface area contributed by atoms with Gasteiger partial charge in [-0.3, -0.25) is 4.68 Å². The highest BCUT2D eigenvalue weighted by atomic mass is 16.5. The van der Waals surface area contributed by atoms with E-state index in [9.17, 15) is 0 Å². The first-order valence-electron chi connectivity index (χ1n) is 7.15. The molecule has 3 aromatic heterocycles. The zero-order valence-corrected chi connectivity index (χ0v) is 12.7. The normalized spacial score (nSPS) is 11.0. The van der Waals surface area contributed by atoms with E-state index in [1.54, 1.807) is 21.8 Å². The van der Waals surface area contributed by atoms with Crippen molar-refractivity contribution in [3.05, 3.63) is 54.7 Å². The number of fused-ring (bicyclic) bond motifs is 1. The van der Waals surface area contributed by atoms with Crippen LogP contribution < -0.4 is 4.74 Å². The van der Waals surface area contributed by atoms with Crippen LogP contribution in [0.2, 0.25) is 0 Å². The van der Waals surface area contributed by atoms with E-state index in [4.69, 9.17) is 4.74 Å². The maximum absolute atomic E-state index is 5.92. The van der Waals surface area contributed by atoms with E-state index < -0.39 is 0 Å². The first-order valence-corrected chi connectivity index (χ1v) is 7.15. The lowest BCUT2D eigenvalue weighted by molar-refractivity contribution is 0.466. The zero-order chi connectivity index (χ0) is 15.8. The molecule has 0 aliphatic carbocycles. The Morgan fingerprint density at radius 3 is 2.61 bits per heavy atom. The lowest BCUT2D eigenvalue weighted by Crippen LogP contribution is -1.98. The van der Waals surface area contributed by atoms with Gasteiger partial charge in [-0.25, -0.2) is 9.67 Å². The quantitative estimate of drug-likeness (QED) is 0.582. The van der Waals surface area contributed by atoms with Crippen molar-refractivity contribution in [1.29, 1.82) is 0 Å². The monoisotopic (exact) mass is 306 g/mol. The van der Waals surface area contributed by atoms with Crippen molar-refractivity contribution in [2.75, 3.05) is 0 Å². The van der Waals surface area contributed by atoms with Gasteiger partial charge >= 0.3 is 0 Å². The molecule has 4 rings (SSSR count). The fourth-order valence-corrected chi connectivity index (χ4v) is 2.38. The maximum atomic E-state index is 5.92. The summed E-state index contributed by atoms with van der Waals surface area (Å²) >= 11 is 0. The van der Waals surface area contributed by atoms with Gasteiger partial charge in [0.15, 0.2) is 5.65 Å². The molecule has 0 aliphatic rings. The summed E-state index contributed by atoms with van der Waals surface area (Å²) < 4.78 is 9.42. The molecule has 0 amide bonds. The molecular formula is C16H14N6O. The van der Waals surface area contributed by atoms with Gasteiger partial charge in [0.2, 0.25) is 5.88 Å². The van der Waals surface area contributed by atoms with Gasteiger partial charge in [-0.05, 0) is 37.3 Å². The topological polar surface area (TPSA) is 70.7 Å². The minimum atomic E-state index is 0.507. The Hall–Kier alpha value is -3.22. The Kier molecular flexibility index (Phi) is 3.04. The molecule has 0 spiro atoms. The van der Waals surface area contributed by atoms with Crippen molar-refractivity contribution < 1.29 is 4.74 Å². The summed E-state index contributed by atoms with van der Waals surface area (Å²) in [5.74, 6) is 1.85. The molecular weight excluding hydrogens is 292 g/mol. The van der Waals surface area contributed by atoms with Crippen LogP contribution in [0.25, 0.3) is 16.7 Å².